The van der Waals surface area contributed by atoms with Gasteiger partial charge in [0.1, 0.15) is 5.71 Å². The fourth-order valence-electron chi connectivity index (χ4n) is 3.56. The normalized spacial score (nSPS) is 15.1. The highest BCUT2D eigenvalue weighted by Gasteiger charge is 2.32. The van der Waals surface area contributed by atoms with E-state index in [1.807, 2.05) is 5.10 Å². The Morgan fingerprint density at radius 2 is 1.84 bits per heavy atom. The number of nitrogens with one attached hydrogen (secondary N) is 3. The van der Waals surface area contributed by atoms with Crippen LogP contribution in [0.25, 0.3) is 0 Å². The Morgan fingerprint density at radius 1 is 1.19 bits per heavy atom. The van der Waals surface area contributed by atoms with Crippen LogP contribution in [0.5, 0.6) is 0 Å². The van der Waals surface area contributed by atoms with Crippen molar-refractivity contribution in [2.45, 2.75) is 32.0 Å². The van der Waals surface area contributed by atoms with Crippen molar-refractivity contribution in [3.63, 3.8) is 0 Å². The maximum absolute atomic E-state index is 12.9. The van der Waals surface area contributed by atoms with Crippen LogP contribution in [0.4, 0.5) is 33.6 Å². The van der Waals surface area contributed by atoms with Gasteiger partial charge in [-0.25, -0.2) is 23.8 Å². The van der Waals surface area contributed by atoms with E-state index in [0.29, 0.717) is 26.2 Å². The molecule has 3 N–H and O–H groups in total. The summed E-state index contributed by atoms with van der Waals surface area (Å²) >= 11 is 0. The highest BCUT2D eigenvalue weighted by molar-refractivity contribution is 6.04. The number of ether oxygens (including phenoxy) is 1. The third-order valence-corrected chi connectivity index (χ3v) is 5.45. The largest absolute Gasteiger partial charge is 0.419 e. The van der Waals surface area contributed by atoms with Gasteiger partial charge in [-0.15, -0.1) is 0 Å². The molecule has 0 radical (unpaired) electrons. The first-order valence-corrected chi connectivity index (χ1v) is 11.2. The summed E-state index contributed by atoms with van der Waals surface area (Å²) < 4.78 is 69.3. The van der Waals surface area contributed by atoms with Gasteiger partial charge >= 0.3 is 6.18 Å². The van der Waals surface area contributed by atoms with Gasteiger partial charge in [-0.3, -0.25) is 15.0 Å². The zero-order valence-corrected chi connectivity index (χ0v) is 19.7. The summed E-state index contributed by atoms with van der Waals surface area (Å²) in [5.74, 6) is -0.00701. The van der Waals surface area contributed by atoms with Gasteiger partial charge in [0.25, 0.3) is 12.0 Å². The van der Waals surface area contributed by atoms with Crippen LogP contribution in [0.2, 0.25) is 0 Å². The van der Waals surface area contributed by atoms with Crippen LogP contribution < -0.4 is 15.8 Å². The van der Waals surface area contributed by atoms with Crippen molar-refractivity contribution in [1.29, 1.82) is 5.41 Å². The molecule has 1 fully saturated rings. The van der Waals surface area contributed by atoms with E-state index in [-0.39, 0.29) is 37.2 Å². The van der Waals surface area contributed by atoms with E-state index in [4.69, 9.17) is 10.1 Å². The van der Waals surface area contributed by atoms with Gasteiger partial charge < -0.3 is 19.9 Å². The van der Waals surface area contributed by atoms with Gasteiger partial charge in [-0.1, -0.05) is 0 Å². The number of carbonyl (C=O) groups is 1. The molecule has 1 atom stereocenters. The molecule has 202 valence electrons. The van der Waals surface area contributed by atoms with E-state index < -0.39 is 41.0 Å². The maximum Gasteiger partial charge on any atom is 0.419 e. The SMILES string of the molecule is CC(COCCC(=O)N1CCN(c2ncc(C(F)(F)F)cn2)CC1)Nc1cn[nH]c(=O)c1C(=N)C(F)F. The molecule has 2 aromatic heterocycles. The Hall–Kier alpha value is -3.69. The van der Waals surface area contributed by atoms with Gasteiger partial charge in [0, 0.05) is 44.6 Å². The average molecular weight is 532 g/mol. The Balaban J connectivity index is 1.40. The highest BCUT2D eigenvalue weighted by atomic mass is 19.4. The minimum absolute atomic E-state index is 0.0314. The minimum Gasteiger partial charge on any atom is -0.379 e. The number of halogens is 5. The van der Waals surface area contributed by atoms with Crippen molar-refractivity contribution in [2.75, 3.05) is 49.6 Å². The zero-order valence-electron chi connectivity index (χ0n) is 19.7. The molecule has 0 bridgehead atoms. The smallest absolute Gasteiger partial charge is 0.379 e. The lowest BCUT2D eigenvalue weighted by Gasteiger charge is -2.34. The standard InChI is InChI=1S/C21H25F5N8O3/c1-12(31-14-10-30-32-19(36)16(14)17(27)18(22)23)11-37-7-2-15(35)33-3-5-34(6-4-33)20-28-8-13(9-29-20)21(24,25)26/h8-10,12,18,27H,2-7,11H2,1H3,(H2,31,32,36). The number of nitrogens with zero attached hydrogens (tertiary/aromatic N) is 5. The van der Waals surface area contributed by atoms with E-state index in [1.54, 1.807) is 16.7 Å². The minimum atomic E-state index is -4.52. The second-order valence-electron chi connectivity index (χ2n) is 8.21. The fraction of sp³-hybridized carbons (Fsp3) is 0.524. The zero-order chi connectivity index (χ0) is 27.2. The van der Waals surface area contributed by atoms with Crippen LogP contribution in [0.1, 0.15) is 24.5 Å². The number of amides is 1. The van der Waals surface area contributed by atoms with Gasteiger partial charge in [0.05, 0.1) is 42.6 Å². The summed E-state index contributed by atoms with van der Waals surface area (Å²) in [5.41, 5.74) is -3.52. The molecule has 1 aliphatic rings. The first-order valence-electron chi connectivity index (χ1n) is 11.2. The molecule has 37 heavy (non-hydrogen) atoms. The maximum atomic E-state index is 12.9. The van der Waals surface area contributed by atoms with Crippen molar-refractivity contribution in [3.8, 4) is 0 Å². The second kappa shape index (κ2) is 12.0. The second-order valence-corrected chi connectivity index (χ2v) is 8.21. The van der Waals surface area contributed by atoms with E-state index in [9.17, 15) is 31.5 Å². The first-order chi connectivity index (χ1) is 17.5. The van der Waals surface area contributed by atoms with Gasteiger partial charge in [0.15, 0.2) is 0 Å². The summed E-state index contributed by atoms with van der Waals surface area (Å²) in [4.78, 5) is 35.2. The van der Waals surface area contributed by atoms with E-state index >= 15 is 0 Å². The molecule has 1 unspecified atom stereocenters. The van der Waals surface area contributed by atoms with E-state index in [2.05, 4.69) is 20.4 Å². The Morgan fingerprint density at radius 3 is 2.43 bits per heavy atom. The van der Waals surface area contributed by atoms with Crippen molar-refractivity contribution >= 4 is 23.3 Å². The lowest BCUT2D eigenvalue weighted by atomic mass is 10.1. The lowest BCUT2D eigenvalue weighted by molar-refractivity contribution is -0.138. The number of piperazine rings is 1. The number of rotatable bonds is 10. The van der Waals surface area contributed by atoms with Crippen LogP contribution in [0.15, 0.2) is 23.4 Å². The third-order valence-electron chi connectivity index (χ3n) is 5.45. The molecule has 3 rings (SSSR count). The molecular weight excluding hydrogens is 507 g/mol. The molecule has 3 heterocycles. The molecular formula is C21H25F5N8O3. The third kappa shape index (κ3) is 7.41. The van der Waals surface area contributed by atoms with Crippen LogP contribution in [-0.4, -0.2) is 88.5 Å². The predicted octanol–water partition coefficient (Wildman–Crippen LogP) is 1.77. The van der Waals surface area contributed by atoms with Crippen molar-refractivity contribution < 1.29 is 31.5 Å². The van der Waals surface area contributed by atoms with Gasteiger partial charge in [-0.05, 0) is 6.92 Å². The number of hydrogen-bond donors (Lipinski definition) is 3. The Labute approximate surface area is 207 Å². The molecule has 2 aromatic rings. The molecule has 0 aliphatic carbocycles. The van der Waals surface area contributed by atoms with Crippen molar-refractivity contribution in [3.05, 3.63) is 40.1 Å². The summed E-state index contributed by atoms with van der Waals surface area (Å²) in [6.45, 7) is 3.24. The number of H-pyrrole nitrogens is 1. The summed E-state index contributed by atoms with van der Waals surface area (Å²) in [6, 6.07) is -0.449. The van der Waals surface area contributed by atoms with Crippen molar-refractivity contribution in [2.24, 2.45) is 0 Å². The predicted molar refractivity (Wildman–Crippen MR) is 122 cm³/mol. The monoisotopic (exact) mass is 532 g/mol. The van der Waals surface area contributed by atoms with Crippen LogP contribution in [0.3, 0.4) is 0 Å². The van der Waals surface area contributed by atoms with Gasteiger partial charge in [-0.2, -0.15) is 18.3 Å². The fourth-order valence-corrected chi connectivity index (χ4v) is 3.56. The average Bonchev–Trinajstić information content (AvgIpc) is 2.86. The number of anilines is 2. The lowest BCUT2D eigenvalue weighted by Crippen LogP contribution is -2.49. The number of hydrogen-bond acceptors (Lipinski definition) is 9. The highest BCUT2D eigenvalue weighted by Crippen LogP contribution is 2.28. The number of alkyl halides is 5. The van der Waals surface area contributed by atoms with Crippen LogP contribution in [0, 0.1) is 5.41 Å². The molecule has 1 amide bonds. The molecule has 0 saturated carbocycles. The summed E-state index contributed by atoms with van der Waals surface area (Å²) in [6.07, 6.45) is -4.99. The van der Waals surface area contributed by atoms with Crippen LogP contribution >= 0.6 is 0 Å². The topological polar surface area (TPSA) is 140 Å². The summed E-state index contributed by atoms with van der Waals surface area (Å²) in [7, 11) is 0. The molecule has 0 spiro atoms. The van der Waals surface area contributed by atoms with Gasteiger partial charge in [0.2, 0.25) is 11.9 Å². The van der Waals surface area contributed by atoms with Crippen LogP contribution in [-0.2, 0) is 15.7 Å². The molecule has 1 aliphatic heterocycles. The molecule has 16 heteroatoms. The number of aromatic amines is 1. The quantitative estimate of drug-likeness (QED) is 0.239. The Kier molecular flexibility index (Phi) is 9.07. The molecule has 0 aromatic carbocycles. The van der Waals surface area contributed by atoms with Crippen molar-refractivity contribution in [1.82, 2.24) is 25.1 Å². The molecule has 11 nitrogen and oxygen atoms in total. The summed E-state index contributed by atoms with van der Waals surface area (Å²) in [5, 5.41) is 15.8. The van der Waals surface area contributed by atoms with E-state index in [0.717, 1.165) is 18.6 Å². The molecule has 1 saturated heterocycles. The Bertz CT molecular complexity index is 1130. The number of aromatic nitrogens is 4. The number of carbonyl (C=O) groups excluding carboxylic acids is 1. The first kappa shape index (κ1) is 27.9. The van der Waals surface area contributed by atoms with E-state index in [1.165, 1.54) is 0 Å².